The first kappa shape index (κ1) is 12.9. The van der Waals surface area contributed by atoms with Gasteiger partial charge in [-0.1, -0.05) is 6.92 Å². The molecule has 15 heavy (non-hydrogen) atoms. The van der Waals surface area contributed by atoms with E-state index in [2.05, 4.69) is 15.9 Å². The summed E-state index contributed by atoms with van der Waals surface area (Å²) < 4.78 is 27.3. The Bertz CT molecular complexity index is 353. The lowest BCUT2D eigenvalue weighted by Crippen LogP contribution is -2.06. The van der Waals surface area contributed by atoms with Crippen LogP contribution in [0, 0.1) is 11.6 Å². The third-order valence-corrected chi connectivity index (χ3v) is 3.04. The van der Waals surface area contributed by atoms with E-state index in [1.807, 2.05) is 6.92 Å². The highest BCUT2D eigenvalue weighted by Gasteiger charge is 2.19. The van der Waals surface area contributed by atoms with Gasteiger partial charge in [-0.05, 0) is 47.3 Å². The molecule has 0 fully saturated rings. The molecule has 0 aliphatic carbocycles. The topological polar surface area (TPSA) is 0 Å². The largest absolute Gasteiger partial charge is 0.207 e. The van der Waals surface area contributed by atoms with Gasteiger partial charge >= 0.3 is 0 Å². The zero-order chi connectivity index (χ0) is 11.6. The molecule has 1 aromatic rings. The van der Waals surface area contributed by atoms with Crippen LogP contribution in [0.1, 0.15) is 31.7 Å². The van der Waals surface area contributed by atoms with Crippen molar-refractivity contribution < 1.29 is 8.78 Å². The third-order valence-electron chi connectivity index (χ3n) is 2.25. The average molecular weight is 298 g/mol. The Morgan fingerprint density at radius 2 is 1.93 bits per heavy atom. The zero-order valence-corrected chi connectivity index (χ0v) is 10.9. The van der Waals surface area contributed by atoms with Crippen LogP contribution in [0.15, 0.2) is 16.6 Å². The van der Waals surface area contributed by atoms with Crippen LogP contribution in [0.4, 0.5) is 8.78 Å². The number of hydrogen-bond donors (Lipinski definition) is 0. The molecule has 0 saturated heterocycles. The molecule has 0 spiro atoms. The highest BCUT2D eigenvalue weighted by molar-refractivity contribution is 9.10. The lowest BCUT2D eigenvalue weighted by Gasteiger charge is -2.15. The van der Waals surface area contributed by atoms with Gasteiger partial charge in [0.15, 0.2) is 0 Å². The van der Waals surface area contributed by atoms with Crippen molar-refractivity contribution in [1.29, 1.82) is 0 Å². The summed E-state index contributed by atoms with van der Waals surface area (Å²) in [6.45, 7) is 3.58. The van der Waals surface area contributed by atoms with E-state index in [1.165, 1.54) is 12.1 Å². The van der Waals surface area contributed by atoms with E-state index in [0.29, 0.717) is 6.42 Å². The van der Waals surface area contributed by atoms with Crippen LogP contribution >= 0.6 is 27.5 Å². The molecule has 2 unspecified atom stereocenters. The Morgan fingerprint density at radius 1 is 1.33 bits per heavy atom. The molecular weight excluding hydrogens is 285 g/mol. The molecule has 0 heterocycles. The van der Waals surface area contributed by atoms with Crippen LogP contribution in [0.25, 0.3) is 0 Å². The smallest absolute Gasteiger partial charge is 0.143 e. The normalized spacial score (nSPS) is 15.1. The first-order chi connectivity index (χ1) is 6.93. The summed E-state index contributed by atoms with van der Waals surface area (Å²) in [4.78, 5) is 0. The molecule has 0 aromatic heterocycles. The van der Waals surface area contributed by atoms with Crippen molar-refractivity contribution in [2.75, 3.05) is 0 Å². The van der Waals surface area contributed by atoms with Gasteiger partial charge in [0.2, 0.25) is 0 Å². The minimum atomic E-state index is -0.528. The summed E-state index contributed by atoms with van der Waals surface area (Å²) in [6.07, 6.45) is 0.547. The number of hydrogen-bond acceptors (Lipinski definition) is 0. The molecule has 0 bridgehead atoms. The minimum Gasteiger partial charge on any atom is -0.207 e. The van der Waals surface area contributed by atoms with Crippen molar-refractivity contribution in [3.05, 3.63) is 33.8 Å². The van der Waals surface area contributed by atoms with E-state index in [-0.39, 0.29) is 21.3 Å². The Balaban J connectivity index is 3.07. The summed E-state index contributed by atoms with van der Waals surface area (Å²) >= 11 is 8.85. The molecule has 0 radical (unpaired) electrons. The van der Waals surface area contributed by atoms with Crippen molar-refractivity contribution in [2.24, 2.45) is 0 Å². The Hall–Kier alpha value is -0.150. The van der Waals surface area contributed by atoms with Crippen LogP contribution in [0.5, 0.6) is 0 Å². The summed E-state index contributed by atoms with van der Waals surface area (Å²) in [6, 6.07) is 2.63. The SMILES string of the molecule is CC(Cl)CC(C)c1c(F)ccc(Br)c1F. The van der Waals surface area contributed by atoms with E-state index in [1.54, 1.807) is 6.92 Å². The van der Waals surface area contributed by atoms with Gasteiger partial charge in [0.1, 0.15) is 11.6 Å². The van der Waals surface area contributed by atoms with Crippen molar-refractivity contribution in [1.82, 2.24) is 0 Å². The van der Waals surface area contributed by atoms with Gasteiger partial charge in [0.25, 0.3) is 0 Å². The summed E-state index contributed by atoms with van der Waals surface area (Å²) in [5, 5.41) is -0.0993. The Labute approximate surface area is 102 Å². The molecule has 4 heteroatoms. The fraction of sp³-hybridized carbons (Fsp3) is 0.455. The molecule has 0 aliphatic heterocycles. The third kappa shape index (κ3) is 3.15. The quantitative estimate of drug-likeness (QED) is 0.553. The number of rotatable bonds is 3. The van der Waals surface area contributed by atoms with Crippen molar-refractivity contribution in [3.63, 3.8) is 0 Å². The van der Waals surface area contributed by atoms with Crippen LogP contribution in [0.3, 0.4) is 0 Å². The summed E-state index contributed by atoms with van der Waals surface area (Å²) in [5.74, 6) is -1.27. The standard InChI is InChI=1S/C11H12BrClF2/c1-6(5-7(2)13)10-9(14)4-3-8(12)11(10)15/h3-4,6-7H,5H2,1-2H3. The number of benzene rings is 1. The van der Waals surface area contributed by atoms with Crippen LogP contribution in [0.2, 0.25) is 0 Å². The molecule has 84 valence electrons. The minimum absolute atomic E-state index is 0.0993. The van der Waals surface area contributed by atoms with Gasteiger partial charge < -0.3 is 0 Å². The number of alkyl halides is 1. The Morgan fingerprint density at radius 3 is 2.47 bits per heavy atom. The van der Waals surface area contributed by atoms with Crippen molar-refractivity contribution >= 4 is 27.5 Å². The molecule has 0 saturated carbocycles. The maximum Gasteiger partial charge on any atom is 0.143 e. The lowest BCUT2D eigenvalue weighted by molar-refractivity contribution is 0.516. The fourth-order valence-electron chi connectivity index (χ4n) is 1.60. The second kappa shape index (κ2) is 5.26. The molecule has 0 nitrogen and oxygen atoms in total. The van der Waals surface area contributed by atoms with Gasteiger partial charge in [0.05, 0.1) is 4.47 Å². The molecular formula is C11H12BrClF2. The molecule has 0 N–H and O–H groups in total. The summed E-state index contributed by atoms with van der Waals surface area (Å²) in [7, 11) is 0. The average Bonchev–Trinajstić information content (AvgIpc) is 2.11. The zero-order valence-electron chi connectivity index (χ0n) is 8.53. The molecule has 1 rings (SSSR count). The molecule has 0 amide bonds. The van der Waals surface area contributed by atoms with Crippen LogP contribution < -0.4 is 0 Å². The van der Waals surface area contributed by atoms with Gasteiger partial charge in [-0.2, -0.15) is 0 Å². The van der Waals surface area contributed by atoms with Crippen molar-refractivity contribution in [2.45, 2.75) is 31.6 Å². The predicted molar refractivity (Wildman–Crippen MR) is 62.4 cm³/mol. The monoisotopic (exact) mass is 296 g/mol. The van der Waals surface area contributed by atoms with Gasteiger partial charge in [-0.25, -0.2) is 8.78 Å². The highest BCUT2D eigenvalue weighted by Crippen LogP contribution is 2.31. The van der Waals surface area contributed by atoms with Gasteiger partial charge in [0, 0.05) is 10.9 Å². The van der Waals surface area contributed by atoms with E-state index in [4.69, 9.17) is 11.6 Å². The van der Waals surface area contributed by atoms with Crippen molar-refractivity contribution in [3.8, 4) is 0 Å². The van der Waals surface area contributed by atoms with Gasteiger partial charge in [-0.15, -0.1) is 11.6 Å². The molecule has 0 aliphatic rings. The van der Waals surface area contributed by atoms with Crippen LogP contribution in [-0.2, 0) is 0 Å². The fourth-order valence-corrected chi connectivity index (χ4v) is 2.21. The first-order valence-corrected chi connectivity index (χ1v) is 5.94. The predicted octanol–water partition coefficient (Wildman–Crippen LogP) is 4.85. The molecule has 1 aromatic carbocycles. The first-order valence-electron chi connectivity index (χ1n) is 4.71. The lowest BCUT2D eigenvalue weighted by atomic mass is 9.95. The number of halogens is 4. The second-order valence-electron chi connectivity index (χ2n) is 3.67. The van der Waals surface area contributed by atoms with Crippen LogP contribution in [-0.4, -0.2) is 5.38 Å². The second-order valence-corrected chi connectivity index (χ2v) is 5.27. The summed E-state index contributed by atoms with van der Waals surface area (Å²) in [5.41, 5.74) is 0.108. The molecule has 2 atom stereocenters. The van der Waals surface area contributed by atoms with E-state index >= 15 is 0 Å². The maximum atomic E-state index is 13.6. The van der Waals surface area contributed by atoms with E-state index in [9.17, 15) is 8.78 Å². The Kier molecular flexibility index (Phi) is 4.53. The maximum absolute atomic E-state index is 13.6. The van der Waals surface area contributed by atoms with E-state index in [0.717, 1.165) is 0 Å². The van der Waals surface area contributed by atoms with E-state index < -0.39 is 11.6 Å². The van der Waals surface area contributed by atoms with Gasteiger partial charge in [-0.3, -0.25) is 0 Å². The highest BCUT2D eigenvalue weighted by atomic mass is 79.9.